The van der Waals surface area contributed by atoms with Gasteiger partial charge in [0.05, 0.1) is 25.0 Å². The van der Waals surface area contributed by atoms with Gasteiger partial charge in [-0.1, -0.05) is 0 Å². The predicted molar refractivity (Wildman–Crippen MR) is 86.2 cm³/mol. The van der Waals surface area contributed by atoms with Crippen LogP contribution >= 0.6 is 0 Å². The van der Waals surface area contributed by atoms with Crippen LogP contribution in [-0.4, -0.2) is 35.9 Å². The first-order chi connectivity index (χ1) is 11.8. The second-order valence-electron chi connectivity index (χ2n) is 5.62. The van der Waals surface area contributed by atoms with Gasteiger partial charge in [0.15, 0.2) is 11.4 Å². The molecule has 0 amide bonds. The van der Waals surface area contributed by atoms with E-state index in [-0.39, 0.29) is 0 Å². The van der Waals surface area contributed by atoms with Crippen LogP contribution in [0, 0.1) is 0 Å². The molecule has 4 aromatic heterocycles. The van der Waals surface area contributed by atoms with E-state index in [0.29, 0.717) is 23.2 Å². The van der Waals surface area contributed by atoms with Gasteiger partial charge in [-0.05, 0) is 18.2 Å². The lowest BCUT2D eigenvalue weighted by Crippen LogP contribution is -2.34. The summed E-state index contributed by atoms with van der Waals surface area (Å²) in [6.45, 7) is 2.37. The second kappa shape index (κ2) is 4.82. The number of nitrogens with two attached hydrogens (primary N) is 1. The van der Waals surface area contributed by atoms with E-state index in [1.807, 2.05) is 29.1 Å². The molecule has 0 spiro atoms. The molecule has 0 saturated carbocycles. The molecule has 0 unspecified atom stereocenters. The molecule has 1 aliphatic rings. The number of nitrogens with zero attached hydrogens (tertiary/aromatic N) is 7. The van der Waals surface area contributed by atoms with Crippen LogP contribution < -0.4 is 10.6 Å². The van der Waals surface area contributed by atoms with Crippen LogP contribution in [-0.2, 0) is 13.1 Å². The molecule has 0 atom stereocenters. The Bertz CT molecular complexity index is 1020. The maximum absolute atomic E-state index is 6.08. The molecule has 5 heterocycles. The zero-order chi connectivity index (χ0) is 16.1. The van der Waals surface area contributed by atoms with Gasteiger partial charge in [-0.2, -0.15) is 14.6 Å². The van der Waals surface area contributed by atoms with Crippen molar-refractivity contribution in [3.63, 3.8) is 0 Å². The molecule has 4 aromatic rings. The topological polar surface area (TPSA) is 103 Å². The minimum atomic E-state index is 0.298. The number of hydrogen-bond acceptors (Lipinski definition) is 7. The normalized spacial score (nSPS) is 14.2. The zero-order valence-electron chi connectivity index (χ0n) is 12.7. The van der Waals surface area contributed by atoms with Gasteiger partial charge in [-0.15, -0.1) is 5.10 Å². The summed E-state index contributed by atoms with van der Waals surface area (Å²) in [6, 6.07) is 7.51. The van der Waals surface area contributed by atoms with Crippen molar-refractivity contribution in [3.8, 4) is 11.6 Å². The lowest BCUT2D eigenvalue weighted by Gasteiger charge is -2.28. The fourth-order valence-electron chi connectivity index (χ4n) is 2.95. The van der Waals surface area contributed by atoms with Crippen LogP contribution in [0.2, 0.25) is 0 Å². The molecule has 24 heavy (non-hydrogen) atoms. The number of aromatic nitrogens is 6. The van der Waals surface area contributed by atoms with Crippen LogP contribution in [0.5, 0.6) is 0 Å². The molecule has 0 fully saturated rings. The fourth-order valence-corrected chi connectivity index (χ4v) is 2.95. The number of fused-ring (bicyclic) bond motifs is 2. The van der Waals surface area contributed by atoms with Crippen LogP contribution in [0.15, 0.2) is 41.1 Å². The van der Waals surface area contributed by atoms with Crippen molar-refractivity contribution in [2.24, 2.45) is 0 Å². The van der Waals surface area contributed by atoms with E-state index in [2.05, 4.69) is 25.1 Å². The van der Waals surface area contributed by atoms with Crippen molar-refractivity contribution < 1.29 is 4.42 Å². The Morgan fingerprint density at radius 2 is 2.12 bits per heavy atom. The van der Waals surface area contributed by atoms with E-state index in [4.69, 9.17) is 10.2 Å². The van der Waals surface area contributed by atoms with Gasteiger partial charge >= 0.3 is 0 Å². The average molecular weight is 322 g/mol. The highest BCUT2D eigenvalue weighted by Gasteiger charge is 2.20. The van der Waals surface area contributed by atoms with E-state index < -0.39 is 0 Å². The van der Waals surface area contributed by atoms with E-state index >= 15 is 0 Å². The highest BCUT2D eigenvalue weighted by Crippen LogP contribution is 2.23. The summed E-state index contributed by atoms with van der Waals surface area (Å²) in [5.74, 6) is 2.17. The van der Waals surface area contributed by atoms with Crippen molar-refractivity contribution in [2.45, 2.75) is 13.1 Å². The summed E-state index contributed by atoms with van der Waals surface area (Å²) >= 11 is 0. The number of furan rings is 1. The van der Waals surface area contributed by atoms with Crippen LogP contribution in [0.25, 0.3) is 17.2 Å². The van der Waals surface area contributed by atoms with Crippen molar-refractivity contribution in [2.75, 3.05) is 17.2 Å². The first-order valence-electron chi connectivity index (χ1n) is 7.61. The smallest absolute Gasteiger partial charge is 0.225 e. The summed E-state index contributed by atoms with van der Waals surface area (Å²) in [7, 11) is 0. The zero-order valence-corrected chi connectivity index (χ0v) is 12.7. The quantitative estimate of drug-likeness (QED) is 0.591. The third-order valence-electron chi connectivity index (χ3n) is 4.14. The Morgan fingerprint density at radius 1 is 1.17 bits per heavy atom. The van der Waals surface area contributed by atoms with Crippen molar-refractivity contribution in [3.05, 3.63) is 42.4 Å². The van der Waals surface area contributed by atoms with Crippen LogP contribution in [0.3, 0.4) is 0 Å². The Labute approximate surface area is 136 Å². The van der Waals surface area contributed by atoms with Gasteiger partial charge < -0.3 is 15.1 Å². The lowest BCUT2D eigenvalue weighted by molar-refractivity contribution is 0.517. The Morgan fingerprint density at radius 3 is 3.00 bits per heavy atom. The van der Waals surface area contributed by atoms with Gasteiger partial charge in [0, 0.05) is 18.8 Å². The Hall–Kier alpha value is -3.36. The fraction of sp³-hybridized carbons (Fsp3) is 0.200. The molecule has 0 bridgehead atoms. The van der Waals surface area contributed by atoms with Gasteiger partial charge in [-0.3, -0.25) is 4.68 Å². The molecule has 5 rings (SSSR count). The molecule has 0 radical (unpaired) electrons. The summed E-state index contributed by atoms with van der Waals surface area (Å²) < 4.78 is 8.87. The summed E-state index contributed by atoms with van der Waals surface area (Å²) in [4.78, 5) is 11.1. The van der Waals surface area contributed by atoms with Gasteiger partial charge in [0.25, 0.3) is 0 Å². The molecule has 9 nitrogen and oxygen atoms in total. The maximum Gasteiger partial charge on any atom is 0.225 e. The molecule has 2 N–H and O–H groups in total. The molecular formula is C15H14N8O. The first-order valence-corrected chi connectivity index (χ1v) is 7.61. The minimum Gasteiger partial charge on any atom is -0.461 e. The van der Waals surface area contributed by atoms with E-state index in [1.54, 1.807) is 12.3 Å². The van der Waals surface area contributed by atoms with Crippen molar-refractivity contribution in [1.82, 2.24) is 29.4 Å². The standard InChI is InChI=1S/C15H14N8O/c16-15-19-12(21-5-6-22-10(9-21)3-4-17-22)8-13-18-14(20-23(13)15)11-2-1-7-24-11/h1-4,7-8H,5-6,9H2,(H2,16,19). The maximum atomic E-state index is 6.08. The van der Waals surface area contributed by atoms with Gasteiger partial charge in [0.2, 0.25) is 11.8 Å². The predicted octanol–water partition coefficient (Wildman–Crippen LogP) is 1.18. The van der Waals surface area contributed by atoms with Crippen LogP contribution in [0.4, 0.5) is 11.8 Å². The monoisotopic (exact) mass is 322 g/mol. The molecule has 0 aromatic carbocycles. The Kier molecular flexibility index (Phi) is 2.63. The number of rotatable bonds is 2. The molecule has 9 heteroatoms. The van der Waals surface area contributed by atoms with Crippen molar-refractivity contribution in [1.29, 1.82) is 0 Å². The third-order valence-corrected chi connectivity index (χ3v) is 4.14. The minimum absolute atomic E-state index is 0.298. The van der Waals surface area contributed by atoms with Gasteiger partial charge in [-0.25, -0.2) is 4.98 Å². The molecule has 120 valence electrons. The number of nitrogen functional groups attached to an aromatic ring is 1. The first kappa shape index (κ1) is 13.1. The van der Waals surface area contributed by atoms with Crippen molar-refractivity contribution >= 4 is 17.4 Å². The van der Waals surface area contributed by atoms with Gasteiger partial charge in [0.1, 0.15) is 5.82 Å². The SMILES string of the molecule is Nc1nc(N2CCn3nccc3C2)cc2nc(-c3ccco3)nn12. The molecular weight excluding hydrogens is 308 g/mol. The molecule has 0 aliphatic carbocycles. The average Bonchev–Trinajstić information content (AvgIpc) is 3.32. The summed E-state index contributed by atoms with van der Waals surface area (Å²) in [5.41, 5.74) is 7.87. The van der Waals surface area contributed by atoms with E-state index in [9.17, 15) is 0 Å². The lowest BCUT2D eigenvalue weighted by atomic mass is 10.3. The molecule has 1 aliphatic heterocycles. The van der Waals surface area contributed by atoms with E-state index in [0.717, 1.165) is 31.1 Å². The summed E-state index contributed by atoms with van der Waals surface area (Å²) in [5, 5.41) is 8.65. The second-order valence-corrected chi connectivity index (χ2v) is 5.62. The number of hydrogen-bond donors (Lipinski definition) is 1. The Balaban J connectivity index is 1.56. The highest BCUT2D eigenvalue weighted by atomic mass is 16.3. The van der Waals surface area contributed by atoms with E-state index in [1.165, 1.54) is 4.52 Å². The summed E-state index contributed by atoms with van der Waals surface area (Å²) in [6.07, 6.45) is 3.41. The molecule has 0 saturated heterocycles. The third kappa shape index (κ3) is 1.94. The number of anilines is 2. The van der Waals surface area contributed by atoms with Crippen LogP contribution in [0.1, 0.15) is 5.69 Å². The largest absolute Gasteiger partial charge is 0.461 e. The highest BCUT2D eigenvalue weighted by molar-refractivity contribution is 5.59.